The van der Waals surface area contributed by atoms with Gasteiger partial charge in [-0.1, -0.05) is 71.8 Å². The summed E-state index contributed by atoms with van der Waals surface area (Å²) >= 11 is 3.74. The highest BCUT2D eigenvalue weighted by molar-refractivity contribution is 9.09. The third kappa shape index (κ3) is 8.13. The van der Waals surface area contributed by atoms with Crippen LogP contribution < -0.4 is 5.32 Å². The quantitative estimate of drug-likeness (QED) is 0.0883. The van der Waals surface area contributed by atoms with Gasteiger partial charge in [-0.3, -0.25) is 19.2 Å². The number of nitrogens with one attached hydrogen (secondary N) is 1. The van der Waals surface area contributed by atoms with E-state index in [2.05, 4.69) is 41.3 Å². The van der Waals surface area contributed by atoms with Gasteiger partial charge in [0.1, 0.15) is 17.7 Å². The van der Waals surface area contributed by atoms with Crippen LogP contribution in [0, 0.1) is 11.8 Å². The second-order valence-electron chi connectivity index (χ2n) is 13.3. The van der Waals surface area contributed by atoms with E-state index in [1.54, 1.807) is 22.0 Å². The number of alkyl halides is 1. The van der Waals surface area contributed by atoms with Gasteiger partial charge in [0.15, 0.2) is 0 Å². The molecule has 12 heteroatoms. The zero-order valence-electron chi connectivity index (χ0n) is 28.9. The van der Waals surface area contributed by atoms with Gasteiger partial charge in [-0.2, -0.15) is 0 Å². The van der Waals surface area contributed by atoms with Crippen LogP contribution >= 0.6 is 15.9 Å². The smallest absolute Gasteiger partial charge is 0.313 e. The van der Waals surface area contributed by atoms with Crippen LogP contribution in [0.15, 0.2) is 55.6 Å². The minimum atomic E-state index is -1.26. The Morgan fingerprint density at radius 1 is 1.22 bits per heavy atom. The number of benzene rings is 1. The molecule has 0 aromatic heterocycles. The lowest BCUT2D eigenvalue weighted by molar-refractivity contribution is -0.163. The highest BCUT2D eigenvalue weighted by Gasteiger charge is 2.77. The number of esters is 1. The summed E-state index contributed by atoms with van der Waals surface area (Å²) in [6.07, 6.45) is 5.34. The third-order valence-corrected chi connectivity index (χ3v) is 10.8. The van der Waals surface area contributed by atoms with Gasteiger partial charge in [-0.25, -0.2) is 0 Å². The van der Waals surface area contributed by atoms with Gasteiger partial charge in [0.2, 0.25) is 17.7 Å². The van der Waals surface area contributed by atoms with Crippen LogP contribution in [0.2, 0.25) is 0 Å². The molecule has 270 valence electrons. The number of ether oxygens (including phenoxy) is 3. The number of unbranched alkanes of at least 4 members (excludes halogenated alkanes) is 1. The summed E-state index contributed by atoms with van der Waals surface area (Å²) in [5, 5.41) is 12.5. The number of carbonyl (C=O) groups excluding carboxylic acids is 4. The SMILES string of the molecule is C=CCCC(=O)N[C@H](COC)[C@H](OC(=O)[C@@H]1[C@H]2O[C@@]3(CC2Br)[C@H](C(=O)N(CC=C)C(C)CCC)N(CCCCO)C(=O)[C@@H]13)c1ccccc1. The fourth-order valence-corrected chi connectivity index (χ4v) is 8.74. The zero-order chi connectivity index (χ0) is 35.7. The number of halogens is 1. The van der Waals surface area contributed by atoms with Gasteiger partial charge in [-0.05, 0) is 44.6 Å². The average molecular weight is 747 g/mol. The van der Waals surface area contributed by atoms with E-state index in [9.17, 15) is 24.3 Å². The number of likely N-dealkylation sites (tertiary alicyclic amines) is 1. The van der Waals surface area contributed by atoms with Gasteiger partial charge in [-0.15, -0.1) is 13.2 Å². The molecule has 3 fully saturated rings. The first-order chi connectivity index (χ1) is 23.6. The lowest BCUT2D eigenvalue weighted by atomic mass is 9.70. The second kappa shape index (κ2) is 17.7. The number of carbonyl (C=O) groups is 4. The lowest BCUT2D eigenvalue weighted by Gasteiger charge is -2.39. The summed E-state index contributed by atoms with van der Waals surface area (Å²) in [4.78, 5) is 59.5. The molecule has 3 aliphatic heterocycles. The Morgan fingerprint density at radius 2 is 1.96 bits per heavy atom. The molecule has 0 radical (unpaired) electrons. The average Bonchev–Trinajstić information content (AvgIpc) is 3.68. The highest BCUT2D eigenvalue weighted by atomic mass is 79.9. The van der Waals surface area contributed by atoms with E-state index in [4.69, 9.17) is 14.2 Å². The van der Waals surface area contributed by atoms with Crippen molar-refractivity contribution in [3.63, 3.8) is 0 Å². The number of aliphatic hydroxyl groups is 1. The van der Waals surface area contributed by atoms with Gasteiger partial charge < -0.3 is 34.4 Å². The largest absolute Gasteiger partial charge is 0.455 e. The standard InChI is InChI=1S/C37H52BrN3O8/c1-6-9-18-28(43)39-27(23-47-5)31(25-16-11-10-12-17-25)48-36(46)29-30-34(44)41(20-13-14-21-42)33(37(30)22-26(38)32(29)49-37)35(45)40(19-8-3)24(4)15-7-2/h6,8,10-12,16-17,24,26-27,29-33,42H,1,3,7,9,13-15,18-23H2,2,4-5H3,(H,39,43)/t24?,26?,27-,29+,30-,31-,32+,33+,37-/m1/s1. The number of rotatable bonds is 20. The minimum absolute atomic E-state index is 0.0457. The first-order valence-corrected chi connectivity index (χ1v) is 18.3. The summed E-state index contributed by atoms with van der Waals surface area (Å²) in [6.45, 7) is 12.2. The fraction of sp³-hybridized carbons (Fsp3) is 0.622. The molecule has 3 saturated heterocycles. The molecular weight excluding hydrogens is 694 g/mol. The topological polar surface area (TPSA) is 135 Å². The van der Waals surface area contributed by atoms with Crippen molar-refractivity contribution in [3.05, 3.63) is 61.2 Å². The first kappa shape index (κ1) is 38.7. The number of nitrogens with zero attached hydrogens (tertiary/aromatic N) is 2. The van der Waals surface area contributed by atoms with E-state index < -0.39 is 47.7 Å². The molecular formula is C37H52BrN3O8. The van der Waals surface area contributed by atoms with Crippen molar-refractivity contribution in [2.45, 2.75) is 99.6 Å². The molecule has 3 heterocycles. The Labute approximate surface area is 298 Å². The van der Waals surface area contributed by atoms with Crippen molar-refractivity contribution >= 4 is 39.6 Å². The number of allylic oxidation sites excluding steroid dienone is 1. The van der Waals surface area contributed by atoms with E-state index in [0.29, 0.717) is 37.8 Å². The van der Waals surface area contributed by atoms with Gasteiger partial charge >= 0.3 is 5.97 Å². The maximum Gasteiger partial charge on any atom is 0.313 e. The Bertz CT molecular complexity index is 1330. The molecule has 1 spiro atoms. The van der Waals surface area contributed by atoms with Crippen LogP contribution in [0.5, 0.6) is 0 Å². The molecule has 9 atom stereocenters. The number of methoxy groups -OCH3 is 1. The van der Waals surface area contributed by atoms with Crippen molar-refractivity contribution in [1.82, 2.24) is 15.1 Å². The van der Waals surface area contributed by atoms with Crippen LogP contribution in [-0.2, 0) is 33.4 Å². The van der Waals surface area contributed by atoms with E-state index >= 15 is 0 Å². The summed E-state index contributed by atoms with van der Waals surface area (Å²) in [5.41, 5.74) is -0.605. The predicted octanol–water partition coefficient (Wildman–Crippen LogP) is 4.09. The predicted molar refractivity (Wildman–Crippen MR) is 189 cm³/mol. The molecule has 3 aliphatic rings. The van der Waals surface area contributed by atoms with Crippen LogP contribution in [0.25, 0.3) is 0 Å². The monoisotopic (exact) mass is 745 g/mol. The summed E-state index contributed by atoms with van der Waals surface area (Å²) in [5.74, 6) is -3.41. The van der Waals surface area contributed by atoms with Crippen LogP contribution in [0.3, 0.4) is 0 Å². The molecule has 11 nitrogen and oxygen atoms in total. The normalized spacial score (nSPS) is 27.2. The Hall–Kier alpha value is -3.06. The van der Waals surface area contributed by atoms with E-state index in [-0.39, 0.29) is 54.8 Å². The van der Waals surface area contributed by atoms with E-state index in [0.717, 1.165) is 12.8 Å². The van der Waals surface area contributed by atoms with Crippen LogP contribution in [0.1, 0.15) is 70.5 Å². The van der Waals surface area contributed by atoms with Crippen molar-refractivity contribution in [2.75, 3.05) is 33.4 Å². The molecule has 0 saturated carbocycles. The Balaban J connectivity index is 1.72. The second-order valence-corrected chi connectivity index (χ2v) is 14.4. The molecule has 3 amide bonds. The minimum Gasteiger partial charge on any atom is -0.455 e. The van der Waals surface area contributed by atoms with Crippen molar-refractivity contribution in [3.8, 4) is 0 Å². The first-order valence-electron chi connectivity index (χ1n) is 17.4. The fourth-order valence-electron chi connectivity index (χ4n) is 7.79. The summed E-state index contributed by atoms with van der Waals surface area (Å²) in [7, 11) is 1.51. The molecule has 49 heavy (non-hydrogen) atoms. The summed E-state index contributed by atoms with van der Waals surface area (Å²) in [6, 6.07) is 7.32. The molecule has 1 aromatic rings. The van der Waals surface area contributed by atoms with Crippen LogP contribution in [-0.4, -0.2) is 107 Å². The molecule has 2 N–H and O–H groups in total. The molecule has 1 aromatic carbocycles. The molecule has 0 aliphatic carbocycles. The van der Waals surface area contributed by atoms with Crippen molar-refractivity contribution < 1.29 is 38.5 Å². The molecule has 4 rings (SSSR count). The Kier molecular flexibility index (Phi) is 14.0. The number of hydrogen-bond donors (Lipinski definition) is 2. The zero-order valence-corrected chi connectivity index (χ0v) is 30.5. The maximum atomic E-state index is 14.6. The van der Waals surface area contributed by atoms with Crippen molar-refractivity contribution in [1.29, 1.82) is 0 Å². The van der Waals surface area contributed by atoms with Gasteiger partial charge in [0, 0.05) is 44.1 Å². The highest BCUT2D eigenvalue weighted by Crippen LogP contribution is 2.60. The lowest BCUT2D eigenvalue weighted by Crippen LogP contribution is -2.58. The molecule has 2 unspecified atom stereocenters. The van der Waals surface area contributed by atoms with Crippen LogP contribution in [0.4, 0.5) is 0 Å². The van der Waals surface area contributed by atoms with Crippen molar-refractivity contribution in [2.24, 2.45) is 11.8 Å². The maximum absolute atomic E-state index is 14.6. The van der Waals surface area contributed by atoms with E-state index in [1.807, 2.05) is 37.3 Å². The third-order valence-electron chi connectivity index (χ3n) is 9.95. The number of hydrogen-bond acceptors (Lipinski definition) is 8. The van der Waals surface area contributed by atoms with Gasteiger partial charge in [0.05, 0.1) is 30.6 Å². The Morgan fingerprint density at radius 3 is 2.59 bits per heavy atom. The molecule has 2 bridgehead atoms. The van der Waals surface area contributed by atoms with E-state index in [1.165, 1.54) is 7.11 Å². The summed E-state index contributed by atoms with van der Waals surface area (Å²) < 4.78 is 18.5. The number of fused-ring (bicyclic) bond motifs is 1. The number of amides is 3. The van der Waals surface area contributed by atoms with Gasteiger partial charge in [0.25, 0.3) is 0 Å². The number of aliphatic hydroxyl groups excluding tert-OH is 1.